The van der Waals surface area contributed by atoms with Crippen LogP contribution in [0, 0.1) is 0 Å². The second-order valence-electron chi connectivity index (χ2n) is 3.71. The van der Waals surface area contributed by atoms with Crippen molar-refractivity contribution >= 4 is 17.3 Å². The van der Waals surface area contributed by atoms with Gasteiger partial charge in [-0.1, -0.05) is 13.0 Å². The number of carbonyl (C=O) groups excluding carboxylic acids is 1. The third-order valence-electron chi connectivity index (χ3n) is 2.22. The van der Waals surface area contributed by atoms with E-state index in [1.54, 1.807) is 11.3 Å². The Balaban J connectivity index is 2.10. The number of carbonyl (C=O) groups is 1. The summed E-state index contributed by atoms with van der Waals surface area (Å²) < 4.78 is 5.16. The molecule has 1 rings (SSSR count). The molecule has 16 heavy (non-hydrogen) atoms. The van der Waals surface area contributed by atoms with Crippen LogP contribution in [0.2, 0.25) is 0 Å². The third-order valence-corrected chi connectivity index (χ3v) is 3.15. The quantitative estimate of drug-likeness (QED) is 0.744. The highest BCUT2D eigenvalue weighted by Gasteiger charge is 2.08. The molecule has 0 saturated heterocycles. The van der Waals surface area contributed by atoms with Gasteiger partial charge < -0.3 is 10.1 Å². The first kappa shape index (κ1) is 13.2. The molecule has 0 spiro atoms. The van der Waals surface area contributed by atoms with Crippen LogP contribution in [0.1, 0.15) is 25.1 Å². The van der Waals surface area contributed by atoms with E-state index >= 15 is 0 Å². The van der Waals surface area contributed by atoms with E-state index in [4.69, 9.17) is 4.74 Å². The molecule has 3 nitrogen and oxygen atoms in total. The second-order valence-corrected chi connectivity index (χ2v) is 4.74. The van der Waals surface area contributed by atoms with E-state index in [1.165, 1.54) is 4.88 Å². The normalized spacial score (nSPS) is 12.4. The smallest absolute Gasteiger partial charge is 0.307 e. The highest BCUT2D eigenvalue weighted by Crippen LogP contribution is 2.09. The van der Waals surface area contributed by atoms with Crippen molar-refractivity contribution in [3.8, 4) is 0 Å². The van der Waals surface area contributed by atoms with Crippen molar-refractivity contribution in [2.45, 2.75) is 32.7 Å². The molecule has 0 fully saturated rings. The molecule has 0 radical (unpaired) electrons. The van der Waals surface area contributed by atoms with Gasteiger partial charge in [-0.3, -0.25) is 4.79 Å². The summed E-state index contributed by atoms with van der Waals surface area (Å²) in [4.78, 5) is 12.7. The molecule has 1 aromatic heterocycles. The minimum absolute atomic E-state index is 0.120. The SMILES string of the molecule is CCNC(C)CC(=O)OCCc1cccs1. The maximum Gasteiger partial charge on any atom is 0.307 e. The molecule has 90 valence electrons. The van der Waals surface area contributed by atoms with Crippen LogP contribution in [0.15, 0.2) is 17.5 Å². The Bertz CT molecular complexity index is 298. The van der Waals surface area contributed by atoms with Gasteiger partial charge in [-0.15, -0.1) is 11.3 Å². The van der Waals surface area contributed by atoms with Crippen LogP contribution in [0.4, 0.5) is 0 Å². The van der Waals surface area contributed by atoms with E-state index in [0.717, 1.165) is 13.0 Å². The first-order valence-electron chi connectivity index (χ1n) is 5.63. The molecular formula is C12H19NO2S. The van der Waals surface area contributed by atoms with Crippen molar-refractivity contribution in [1.29, 1.82) is 0 Å². The summed E-state index contributed by atoms with van der Waals surface area (Å²) in [6.07, 6.45) is 1.26. The molecule has 0 bridgehead atoms. The number of hydrogen-bond acceptors (Lipinski definition) is 4. The molecule has 1 atom stereocenters. The van der Waals surface area contributed by atoms with E-state index in [1.807, 2.05) is 25.3 Å². The molecule has 1 unspecified atom stereocenters. The zero-order chi connectivity index (χ0) is 11.8. The zero-order valence-corrected chi connectivity index (χ0v) is 10.7. The molecule has 1 aromatic rings. The maximum atomic E-state index is 11.4. The van der Waals surface area contributed by atoms with Gasteiger partial charge in [0.05, 0.1) is 13.0 Å². The van der Waals surface area contributed by atoms with Gasteiger partial charge in [-0.25, -0.2) is 0 Å². The van der Waals surface area contributed by atoms with E-state index in [0.29, 0.717) is 13.0 Å². The van der Waals surface area contributed by atoms with Crippen LogP contribution in [-0.4, -0.2) is 25.2 Å². The largest absolute Gasteiger partial charge is 0.465 e. The van der Waals surface area contributed by atoms with Gasteiger partial charge in [0, 0.05) is 17.3 Å². The molecular weight excluding hydrogens is 222 g/mol. The average Bonchev–Trinajstić information content (AvgIpc) is 2.70. The average molecular weight is 241 g/mol. The van der Waals surface area contributed by atoms with Crippen molar-refractivity contribution < 1.29 is 9.53 Å². The van der Waals surface area contributed by atoms with Gasteiger partial charge in [0.1, 0.15) is 0 Å². The highest BCUT2D eigenvalue weighted by molar-refractivity contribution is 7.09. The Morgan fingerprint density at radius 1 is 1.62 bits per heavy atom. The predicted octanol–water partition coefficient (Wildman–Crippen LogP) is 2.22. The van der Waals surface area contributed by atoms with E-state index in [-0.39, 0.29) is 12.0 Å². The van der Waals surface area contributed by atoms with Crippen LogP contribution in [0.5, 0.6) is 0 Å². The summed E-state index contributed by atoms with van der Waals surface area (Å²) in [6, 6.07) is 4.26. The Morgan fingerprint density at radius 2 is 2.44 bits per heavy atom. The molecule has 1 N–H and O–H groups in total. The van der Waals surface area contributed by atoms with Crippen LogP contribution in [0.25, 0.3) is 0 Å². The number of ether oxygens (including phenoxy) is 1. The molecule has 0 aromatic carbocycles. The molecule has 0 aliphatic rings. The summed E-state index contributed by atoms with van der Waals surface area (Å²) in [5.74, 6) is -0.120. The Hall–Kier alpha value is -0.870. The lowest BCUT2D eigenvalue weighted by Gasteiger charge is -2.11. The standard InChI is InChI=1S/C12H19NO2S/c1-3-13-10(2)9-12(14)15-7-6-11-5-4-8-16-11/h4-5,8,10,13H,3,6-7,9H2,1-2H3. The number of hydrogen-bond donors (Lipinski definition) is 1. The summed E-state index contributed by atoms with van der Waals surface area (Å²) >= 11 is 1.69. The fourth-order valence-corrected chi connectivity index (χ4v) is 2.14. The van der Waals surface area contributed by atoms with Crippen LogP contribution in [-0.2, 0) is 16.0 Å². The first-order valence-corrected chi connectivity index (χ1v) is 6.51. The molecule has 0 saturated carbocycles. The van der Waals surface area contributed by atoms with Crippen molar-refractivity contribution in [3.05, 3.63) is 22.4 Å². The van der Waals surface area contributed by atoms with Gasteiger partial charge in [-0.05, 0) is 24.9 Å². The number of thiophene rings is 1. The lowest BCUT2D eigenvalue weighted by molar-refractivity contribution is -0.144. The predicted molar refractivity (Wildman–Crippen MR) is 66.7 cm³/mol. The lowest BCUT2D eigenvalue weighted by atomic mass is 10.2. The lowest BCUT2D eigenvalue weighted by Crippen LogP contribution is -2.29. The number of nitrogens with one attached hydrogen (secondary N) is 1. The Labute approximate surface area is 101 Å². The Kier molecular flexibility index (Phi) is 6.11. The van der Waals surface area contributed by atoms with Crippen molar-refractivity contribution in [2.24, 2.45) is 0 Å². The van der Waals surface area contributed by atoms with Crippen molar-refractivity contribution in [1.82, 2.24) is 5.32 Å². The fourth-order valence-electron chi connectivity index (χ4n) is 1.45. The maximum absolute atomic E-state index is 11.4. The topological polar surface area (TPSA) is 38.3 Å². The molecule has 0 aliphatic carbocycles. The molecule has 1 heterocycles. The summed E-state index contributed by atoms with van der Waals surface area (Å²) in [5.41, 5.74) is 0. The van der Waals surface area contributed by atoms with Gasteiger partial charge in [-0.2, -0.15) is 0 Å². The van der Waals surface area contributed by atoms with Crippen LogP contribution >= 0.6 is 11.3 Å². The second kappa shape index (κ2) is 7.41. The fraction of sp³-hybridized carbons (Fsp3) is 0.583. The van der Waals surface area contributed by atoms with E-state index in [9.17, 15) is 4.79 Å². The molecule has 0 aliphatic heterocycles. The van der Waals surface area contributed by atoms with Gasteiger partial charge >= 0.3 is 5.97 Å². The van der Waals surface area contributed by atoms with Crippen molar-refractivity contribution in [2.75, 3.05) is 13.2 Å². The van der Waals surface area contributed by atoms with Crippen LogP contribution in [0.3, 0.4) is 0 Å². The molecule has 0 amide bonds. The summed E-state index contributed by atoms with van der Waals surface area (Å²) in [5, 5.41) is 5.21. The van der Waals surface area contributed by atoms with E-state index < -0.39 is 0 Å². The minimum atomic E-state index is -0.120. The highest BCUT2D eigenvalue weighted by atomic mass is 32.1. The zero-order valence-electron chi connectivity index (χ0n) is 9.86. The third kappa shape index (κ3) is 5.28. The van der Waals surface area contributed by atoms with E-state index in [2.05, 4.69) is 11.4 Å². The summed E-state index contributed by atoms with van der Waals surface area (Å²) in [7, 11) is 0. The Morgan fingerprint density at radius 3 is 3.06 bits per heavy atom. The van der Waals surface area contributed by atoms with Crippen molar-refractivity contribution in [3.63, 3.8) is 0 Å². The van der Waals surface area contributed by atoms with Crippen LogP contribution < -0.4 is 5.32 Å². The minimum Gasteiger partial charge on any atom is -0.465 e. The summed E-state index contributed by atoms with van der Waals surface area (Å²) in [6.45, 7) is 5.38. The van der Waals surface area contributed by atoms with Gasteiger partial charge in [0.2, 0.25) is 0 Å². The molecule has 4 heteroatoms. The number of rotatable bonds is 7. The van der Waals surface area contributed by atoms with Gasteiger partial charge in [0.25, 0.3) is 0 Å². The van der Waals surface area contributed by atoms with Gasteiger partial charge in [0.15, 0.2) is 0 Å². The monoisotopic (exact) mass is 241 g/mol. The first-order chi connectivity index (χ1) is 7.72. The number of esters is 1.